The van der Waals surface area contributed by atoms with E-state index in [1.54, 1.807) is 0 Å². The lowest BCUT2D eigenvalue weighted by molar-refractivity contribution is -0.158. The summed E-state index contributed by atoms with van der Waals surface area (Å²) in [6.07, 6.45) is 5.54. The van der Waals surface area contributed by atoms with Crippen molar-refractivity contribution in [1.82, 2.24) is 0 Å². The van der Waals surface area contributed by atoms with Crippen LogP contribution >= 0.6 is 0 Å². The Morgan fingerprint density at radius 2 is 1.79 bits per heavy atom. The number of ether oxygens (including phenoxy) is 1. The lowest BCUT2D eigenvalue weighted by Crippen LogP contribution is -2.31. The molecule has 0 radical (unpaired) electrons. The van der Waals surface area contributed by atoms with Crippen molar-refractivity contribution in [3.05, 3.63) is 35.9 Å². The number of aliphatic hydroxyl groups is 1. The zero-order valence-corrected chi connectivity index (χ0v) is 11.3. The van der Waals surface area contributed by atoms with Crippen molar-refractivity contribution in [1.29, 1.82) is 0 Å². The minimum Gasteiger partial charge on any atom is -0.459 e. The van der Waals surface area contributed by atoms with Gasteiger partial charge in [0.2, 0.25) is 0 Å². The van der Waals surface area contributed by atoms with Gasteiger partial charge in [-0.25, -0.2) is 4.79 Å². The molecule has 3 nitrogen and oxygen atoms in total. The van der Waals surface area contributed by atoms with Crippen molar-refractivity contribution < 1.29 is 14.6 Å². The number of hydrogen-bond donors (Lipinski definition) is 1. The van der Waals surface area contributed by atoms with Gasteiger partial charge in [0.15, 0.2) is 6.10 Å². The molecule has 0 saturated heterocycles. The van der Waals surface area contributed by atoms with Gasteiger partial charge in [-0.2, -0.15) is 0 Å². The number of carbonyl (C=O) groups is 1. The molecule has 1 saturated carbocycles. The number of aliphatic hydroxyl groups excluding tert-OH is 1. The molecule has 1 atom stereocenters. The van der Waals surface area contributed by atoms with Crippen molar-refractivity contribution >= 4 is 5.97 Å². The first-order chi connectivity index (χ1) is 9.27. The average molecular weight is 262 g/mol. The zero-order chi connectivity index (χ0) is 13.5. The van der Waals surface area contributed by atoms with E-state index in [0.717, 1.165) is 31.2 Å². The summed E-state index contributed by atoms with van der Waals surface area (Å²) < 4.78 is 5.19. The molecule has 0 amide bonds. The van der Waals surface area contributed by atoms with Gasteiger partial charge in [-0.3, -0.25) is 0 Å². The highest BCUT2D eigenvalue weighted by Crippen LogP contribution is 2.26. The summed E-state index contributed by atoms with van der Waals surface area (Å²) in [6, 6.07) is 9.55. The van der Waals surface area contributed by atoms with Gasteiger partial charge >= 0.3 is 5.97 Å². The van der Waals surface area contributed by atoms with Gasteiger partial charge in [0, 0.05) is 0 Å². The Balaban J connectivity index is 1.81. The number of rotatable bonds is 4. The van der Waals surface area contributed by atoms with Gasteiger partial charge in [0.05, 0.1) is 0 Å². The third-order valence-corrected chi connectivity index (χ3v) is 3.81. The van der Waals surface area contributed by atoms with E-state index in [0.29, 0.717) is 0 Å². The molecule has 3 heteroatoms. The van der Waals surface area contributed by atoms with E-state index < -0.39 is 12.1 Å². The van der Waals surface area contributed by atoms with E-state index in [9.17, 15) is 9.90 Å². The summed E-state index contributed by atoms with van der Waals surface area (Å²) in [4.78, 5) is 11.9. The molecule has 1 aliphatic rings. The molecule has 1 aromatic carbocycles. The molecule has 1 aliphatic carbocycles. The SMILES string of the molecule is O=C(OCc1ccccc1)C(O)C1CCCCCC1. The van der Waals surface area contributed by atoms with Crippen LogP contribution in [0.2, 0.25) is 0 Å². The zero-order valence-electron chi connectivity index (χ0n) is 11.3. The van der Waals surface area contributed by atoms with Crippen molar-refractivity contribution in [3.63, 3.8) is 0 Å². The lowest BCUT2D eigenvalue weighted by Gasteiger charge is -2.19. The van der Waals surface area contributed by atoms with E-state index in [1.807, 2.05) is 30.3 Å². The third-order valence-electron chi connectivity index (χ3n) is 3.81. The number of hydrogen-bond acceptors (Lipinski definition) is 3. The summed E-state index contributed by atoms with van der Waals surface area (Å²) in [5, 5.41) is 10.1. The minimum atomic E-state index is -0.957. The summed E-state index contributed by atoms with van der Waals surface area (Å²) in [5.74, 6) is -0.401. The van der Waals surface area contributed by atoms with Crippen molar-refractivity contribution in [2.24, 2.45) is 5.92 Å². The predicted molar refractivity (Wildman–Crippen MR) is 73.4 cm³/mol. The van der Waals surface area contributed by atoms with E-state index in [1.165, 1.54) is 12.8 Å². The minimum absolute atomic E-state index is 0.0748. The normalized spacial score (nSPS) is 18.6. The second-order valence-electron chi connectivity index (χ2n) is 5.29. The van der Waals surface area contributed by atoms with Crippen molar-refractivity contribution in [2.75, 3.05) is 0 Å². The molecule has 1 unspecified atom stereocenters. The van der Waals surface area contributed by atoms with Crippen LogP contribution in [0.3, 0.4) is 0 Å². The van der Waals surface area contributed by atoms with Crippen molar-refractivity contribution in [3.8, 4) is 0 Å². The molecule has 0 aliphatic heterocycles. The molecule has 19 heavy (non-hydrogen) atoms. The molecule has 0 heterocycles. The fraction of sp³-hybridized carbons (Fsp3) is 0.562. The highest BCUT2D eigenvalue weighted by molar-refractivity contribution is 5.74. The maximum Gasteiger partial charge on any atom is 0.335 e. The van der Waals surface area contributed by atoms with Crippen LogP contribution in [0.5, 0.6) is 0 Å². The monoisotopic (exact) mass is 262 g/mol. The van der Waals surface area contributed by atoms with E-state index >= 15 is 0 Å². The van der Waals surface area contributed by atoms with Gasteiger partial charge in [-0.05, 0) is 24.3 Å². The van der Waals surface area contributed by atoms with Gasteiger partial charge in [-0.1, -0.05) is 56.0 Å². The van der Waals surface area contributed by atoms with Crippen LogP contribution in [0, 0.1) is 5.92 Å². The van der Waals surface area contributed by atoms with Crippen LogP contribution in [-0.2, 0) is 16.1 Å². The molecule has 1 fully saturated rings. The van der Waals surface area contributed by atoms with Crippen LogP contribution in [0.1, 0.15) is 44.1 Å². The lowest BCUT2D eigenvalue weighted by atomic mass is 9.94. The number of carbonyl (C=O) groups excluding carboxylic acids is 1. The topological polar surface area (TPSA) is 46.5 Å². The molecule has 1 N–H and O–H groups in total. The van der Waals surface area contributed by atoms with Crippen LogP contribution in [0.15, 0.2) is 30.3 Å². The molecule has 2 rings (SSSR count). The second-order valence-corrected chi connectivity index (χ2v) is 5.29. The molecule has 0 bridgehead atoms. The van der Waals surface area contributed by atoms with Gasteiger partial charge < -0.3 is 9.84 Å². The molecule has 1 aromatic rings. The maximum atomic E-state index is 11.9. The Morgan fingerprint density at radius 3 is 2.42 bits per heavy atom. The number of benzene rings is 1. The maximum absolute atomic E-state index is 11.9. The highest BCUT2D eigenvalue weighted by atomic mass is 16.5. The molecular formula is C16H22O3. The van der Waals surface area contributed by atoms with Crippen LogP contribution in [0.25, 0.3) is 0 Å². The fourth-order valence-corrected chi connectivity index (χ4v) is 2.63. The Morgan fingerprint density at radius 1 is 1.16 bits per heavy atom. The first-order valence-electron chi connectivity index (χ1n) is 7.16. The Labute approximate surface area is 114 Å². The standard InChI is InChI=1S/C16H22O3/c17-15(14-10-6-1-2-7-11-14)16(18)19-12-13-8-4-3-5-9-13/h3-5,8-9,14-15,17H,1-2,6-7,10-12H2. The molecule has 0 spiro atoms. The predicted octanol–water partition coefficient (Wildman–Crippen LogP) is 3.06. The van der Waals surface area contributed by atoms with Gasteiger partial charge in [-0.15, -0.1) is 0 Å². The molecule has 104 valence electrons. The Bertz CT molecular complexity index is 380. The highest BCUT2D eigenvalue weighted by Gasteiger charge is 2.27. The van der Waals surface area contributed by atoms with Crippen LogP contribution < -0.4 is 0 Å². The van der Waals surface area contributed by atoms with Crippen LogP contribution in [-0.4, -0.2) is 17.2 Å². The smallest absolute Gasteiger partial charge is 0.335 e. The largest absolute Gasteiger partial charge is 0.459 e. The summed E-state index contributed by atoms with van der Waals surface area (Å²) in [7, 11) is 0. The third kappa shape index (κ3) is 4.35. The van der Waals surface area contributed by atoms with E-state index in [2.05, 4.69) is 0 Å². The fourth-order valence-electron chi connectivity index (χ4n) is 2.63. The van der Waals surface area contributed by atoms with E-state index in [4.69, 9.17) is 4.74 Å². The van der Waals surface area contributed by atoms with Crippen molar-refractivity contribution in [2.45, 2.75) is 51.2 Å². The quantitative estimate of drug-likeness (QED) is 0.670. The second kappa shape index (κ2) is 7.29. The summed E-state index contributed by atoms with van der Waals surface area (Å²) >= 11 is 0. The molecular weight excluding hydrogens is 240 g/mol. The Hall–Kier alpha value is -1.35. The van der Waals surface area contributed by atoms with Gasteiger partial charge in [0.25, 0.3) is 0 Å². The van der Waals surface area contributed by atoms with E-state index in [-0.39, 0.29) is 12.5 Å². The summed E-state index contributed by atoms with van der Waals surface area (Å²) in [5.41, 5.74) is 0.948. The summed E-state index contributed by atoms with van der Waals surface area (Å²) in [6.45, 7) is 0.240. The first-order valence-corrected chi connectivity index (χ1v) is 7.16. The van der Waals surface area contributed by atoms with Gasteiger partial charge in [0.1, 0.15) is 6.61 Å². The first kappa shape index (κ1) is 14.1. The number of esters is 1. The Kier molecular flexibility index (Phi) is 5.40. The average Bonchev–Trinajstić information content (AvgIpc) is 2.74. The van der Waals surface area contributed by atoms with Crippen LogP contribution in [0.4, 0.5) is 0 Å². The molecule has 0 aromatic heterocycles.